The highest BCUT2D eigenvalue weighted by molar-refractivity contribution is 5.97. The molecule has 2 aromatic carbocycles. The molecule has 9 heteroatoms. The molecule has 6 rings (SSSR count). The summed E-state index contributed by atoms with van der Waals surface area (Å²) < 4.78 is 6.40. The average Bonchev–Trinajstić information content (AvgIpc) is 2.95. The second-order valence-corrected chi connectivity index (χ2v) is 11.5. The smallest absolute Gasteiger partial charge is 0.325 e. The number of fused-ring (bicyclic) bond motifs is 1. The number of amides is 1. The summed E-state index contributed by atoms with van der Waals surface area (Å²) in [7, 11) is 3.99. The quantitative estimate of drug-likeness (QED) is 0.378. The van der Waals surface area contributed by atoms with Gasteiger partial charge in [-0.15, -0.1) is 0 Å². The van der Waals surface area contributed by atoms with E-state index in [2.05, 4.69) is 27.2 Å². The van der Waals surface area contributed by atoms with Crippen molar-refractivity contribution in [3.63, 3.8) is 0 Å². The lowest BCUT2D eigenvalue weighted by atomic mass is 9.49. The number of nitrogens with one attached hydrogen (secondary N) is 3. The highest BCUT2D eigenvalue weighted by Gasteiger charge is 2.64. The molecule has 2 heterocycles. The molecule has 2 fully saturated rings. The molecule has 40 heavy (non-hydrogen) atoms. The predicted octanol–water partition coefficient (Wildman–Crippen LogP) is 2.87. The van der Waals surface area contributed by atoms with Crippen molar-refractivity contribution in [3.05, 3.63) is 85.7 Å². The van der Waals surface area contributed by atoms with Crippen LogP contribution in [0.4, 0.5) is 0 Å². The Morgan fingerprint density at radius 3 is 2.65 bits per heavy atom. The third-order valence-electron chi connectivity index (χ3n) is 9.72. The number of rotatable bonds is 6. The molecular formula is C31H36N4O5. The van der Waals surface area contributed by atoms with Gasteiger partial charge in [-0.3, -0.25) is 14.6 Å². The molecule has 3 aromatic rings. The van der Waals surface area contributed by atoms with Crippen LogP contribution in [0.5, 0.6) is 5.75 Å². The molecule has 1 aliphatic heterocycles. The van der Waals surface area contributed by atoms with Gasteiger partial charge in [0, 0.05) is 36.9 Å². The minimum absolute atomic E-state index is 0.108. The van der Waals surface area contributed by atoms with E-state index in [9.17, 15) is 19.5 Å². The number of phenols is 1. The van der Waals surface area contributed by atoms with E-state index in [1.165, 1.54) is 6.20 Å². The minimum Gasteiger partial charge on any atom is -0.507 e. The van der Waals surface area contributed by atoms with Crippen molar-refractivity contribution in [2.75, 3.05) is 27.2 Å². The number of likely N-dealkylation sites (N-methyl/N-ethyl adjacent to an activating group) is 1. The van der Waals surface area contributed by atoms with E-state index in [0.29, 0.717) is 29.7 Å². The SMILES string of the molecule is CO[C@@]12CCCC[C@@]13CCN(C)[C@@H]2Cc1ccc(C(=O)NCCc2ccc(-c4c[nH]c(=O)[nH]c4=O)cc2)c(O)c13. The van der Waals surface area contributed by atoms with Crippen LogP contribution >= 0.6 is 0 Å². The molecule has 1 aromatic heterocycles. The molecule has 4 N–H and O–H groups in total. The number of piperidine rings is 1. The van der Waals surface area contributed by atoms with Crippen molar-refractivity contribution >= 4 is 5.91 Å². The molecule has 1 saturated carbocycles. The van der Waals surface area contributed by atoms with Crippen LogP contribution in [0.3, 0.4) is 0 Å². The topological polar surface area (TPSA) is 128 Å². The number of carbonyl (C=O) groups excluding carboxylic acids is 1. The molecule has 3 aliphatic rings. The van der Waals surface area contributed by atoms with E-state index < -0.39 is 11.2 Å². The van der Waals surface area contributed by atoms with Gasteiger partial charge in [-0.05, 0) is 68.5 Å². The summed E-state index contributed by atoms with van der Waals surface area (Å²) in [6.07, 6.45) is 7.81. The Kier molecular flexibility index (Phi) is 6.67. The van der Waals surface area contributed by atoms with Crippen LogP contribution in [0, 0.1) is 0 Å². The zero-order valence-electron chi connectivity index (χ0n) is 23.0. The number of hydrogen-bond donors (Lipinski definition) is 4. The maximum Gasteiger partial charge on any atom is 0.325 e. The van der Waals surface area contributed by atoms with E-state index in [1.54, 1.807) is 6.07 Å². The summed E-state index contributed by atoms with van der Waals surface area (Å²) in [6, 6.07) is 11.5. The highest BCUT2D eigenvalue weighted by atomic mass is 16.5. The highest BCUT2D eigenvalue weighted by Crippen LogP contribution is 2.61. The summed E-state index contributed by atoms with van der Waals surface area (Å²) in [5.41, 5.74) is 2.79. The van der Waals surface area contributed by atoms with Crippen LogP contribution in [-0.4, -0.2) is 64.8 Å². The van der Waals surface area contributed by atoms with E-state index in [-0.39, 0.29) is 28.7 Å². The fraction of sp³-hybridized carbons (Fsp3) is 0.452. The number of phenolic OH excluding ortho intramolecular Hbond substituents is 1. The fourth-order valence-electron chi connectivity index (χ4n) is 7.80. The second kappa shape index (κ2) is 10.1. The molecule has 3 atom stereocenters. The number of aromatic amines is 2. The first kappa shape index (κ1) is 26.5. The van der Waals surface area contributed by atoms with Crippen LogP contribution in [0.25, 0.3) is 11.1 Å². The van der Waals surface area contributed by atoms with Gasteiger partial charge in [0.2, 0.25) is 0 Å². The number of ether oxygens (including phenoxy) is 1. The van der Waals surface area contributed by atoms with Gasteiger partial charge in [0.25, 0.3) is 11.5 Å². The zero-order chi connectivity index (χ0) is 28.1. The first-order valence-corrected chi connectivity index (χ1v) is 14.1. The maximum absolute atomic E-state index is 13.3. The van der Waals surface area contributed by atoms with Crippen molar-refractivity contribution in [2.45, 2.75) is 62.0 Å². The first-order chi connectivity index (χ1) is 19.3. The number of likely N-dealkylation sites (tertiary alicyclic amines) is 1. The molecule has 1 saturated heterocycles. The Balaban J connectivity index is 1.20. The molecular weight excluding hydrogens is 508 g/mol. The maximum atomic E-state index is 13.3. The number of benzene rings is 2. The van der Waals surface area contributed by atoms with Gasteiger partial charge in [0.15, 0.2) is 0 Å². The largest absolute Gasteiger partial charge is 0.507 e. The van der Waals surface area contributed by atoms with Gasteiger partial charge < -0.3 is 25.0 Å². The summed E-state index contributed by atoms with van der Waals surface area (Å²) in [6.45, 7) is 1.34. The van der Waals surface area contributed by atoms with Gasteiger partial charge in [0.1, 0.15) is 5.75 Å². The summed E-state index contributed by atoms with van der Waals surface area (Å²) >= 11 is 0. The van der Waals surface area contributed by atoms with Gasteiger partial charge in [-0.25, -0.2) is 4.79 Å². The Morgan fingerprint density at radius 1 is 1.12 bits per heavy atom. The Bertz CT molecular complexity index is 1560. The Labute approximate surface area is 232 Å². The monoisotopic (exact) mass is 544 g/mol. The molecule has 2 aliphatic carbocycles. The van der Waals surface area contributed by atoms with Crippen molar-refractivity contribution in [3.8, 4) is 16.9 Å². The minimum atomic E-state index is -0.543. The van der Waals surface area contributed by atoms with Crippen LogP contribution in [0.2, 0.25) is 0 Å². The van der Waals surface area contributed by atoms with Crippen LogP contribution < -0.4 is 16.6 Å². The Morgan fingerprint density at radius 2 is 1.90 bits per heavy atom. The van der Waals surface area contributed by atoms with Gasteiger partial charge >= 0.3 is 5.69 Å². The van der Waals surface area contributed by atoms with E-state index in [1.807, 2.05) is 37.4 Å². The lowest BCUT2D eigenvalue weighted by Gasteiger charge is -2.65. The molecule has 0 unspecified atom stereocenters. The molecule has 0 radical (unpaired) electrons. The van der Waals surface area contributed by atoms with Gasteiger partial charge in [0.05, 0.1) is 16.7 Å². The normalized spacial score (nSPS) is 25.6. The number of aromatic nitrogens is 2. The molecule has 0 spiro atoms. The lowest BCUT2D eigenvalue weighted by Crippen LogP contribution is -2.72. The number of aromatic hydroxyl groups is 1. The van der Waals surface area contributed by atoms with Crippen LogP contribution in [0.1, 0.15) is 59.2 Å². The number of carbonyl (C=O) groups is 1. The van der Waals surface area contributed by atoms with Gasteiger partial charge in [-0.1, -0.05) is 43.2 Å². The Hall–Kier alpha value is -3.69. The zero-order valence-corrected chi connectivity index (χ0v) is 23.0. The second-order valence-electron chi connectivity index (χ2n) is 11.5. The van der Waals surface area contributed by atoms with Crippen molar-refractivity contribution in [1.82, 2.24) is 20.2 Å². The van der Waals surface area contributed by atoms with Crippen molar-refractivity contribution < 1.29 is 14.6 Å². The standard InChI is InChI=1S/C31H36N4O5/c1-35-16-14-30-12-3-4-13-31(30,40-2)24(35)17-21-9-10-22(26(36)25(21)30)27(37)32-15-11-19-5-7-20(8-6-19)23-18-33-29(39)34-28(23)38/h5-10,18,24,36H,3-4,11-17H2,1-2H3,(H,32,37)(H2,33,34,38,39)/t24-,30+,31-/m1/s1. The summed E-state index contributed by atoms with van der Waals surface area (Å²) in [5.74, 6) is -0.182. The number of nitrogens with zero attached hydrogens (tertiary/aromatic N) is 1. The number of hydrogen-bond acceptors (Lipinski definition) is 6. The lowest BCUT2D eigenvalue weighted by molar-refractivity contribution is -0.180. The molecule has 210 valence electrons. The number of methoxy groups -OCH3 is 1. The predicted molar refractivity (Wildman–Crippen MR) is 152 cm³/mol. The third kappa shape index (κ3) is 4.02. The van der Waals surface area contributed by atoms with Gasteiger partial charge in [-0.2, -0.15) is 0 Å². The van der Waals surface area contributed by atoms with Crippen LogP contribution in [-0.2, 0) is 23.0 Å². The number of H-pyrrole nitrogens is 2. The summed E-state index contributed by atoms with van der Waals surface area (Å²) in [5, 5.41) is 14.6. The van der Waals surface area contributed by atoms with Crippen LogP contribution in [0.15, 0.2) is 52.2 Å². The third-order valence-corrected chi connectivity index (χ3v) is 9.72. The summed E-state index contributed by atoms with van der Waals surface area (Å²) in [4.78, 5) is 43.8. The first-order valence-electron chi connectivity index (χ1n) is 14.1. The average molecular weight is 545 g/mol. The fourth-order valence-corrected chi connectivity index (χ4v) is 7.80. The molecule has 1 amide bonds. The van der Waals surface area contributed by atoms with Crippen molar-refractivity contribution in [1.29, 1.82) is 0 Å². The van der Waals surface area contributed by atoms with Crippen molar-refractivity contribution in [2.24, 2.45) is 0 Å². The van der Waals surface area contributed by atoms with E-state index in [0.717, 1.165) is 61.8 Å². The molecule has 9 nitrogen and oxygen atoms in total. The van der Waals surface area contributed by atoms with E-state index >= 15 is 0 Å². The van der Waals surface area contributed by atoms with E-state index in [4.69, 9.17) is 4.74 Å². The molecule has 2 bridgehead atoms.